The highest BCUT2D eigenvalue weighted by molar-refractivity contribution is 5.73. The van der Waals surface area contributed by atoms with Crippen molar-refractivity contribution in [3.05, 3.63) is 59.7 Å². The van der Waals surface area contributed by atoms with Gasteiger partial charge in [0.25, 0.3) is 0 Å². The molecule has 0 heterocycles. The Hall–Kier alpha value is -2.53. The van der Waals surface area contributed by atoms with Crippen molar-refractivity contribution >= 4 is 5.97 Å². The topological polar surface area (TPSA) is 81.8 Å². The Morgan fingerprint density at radius 3 is 2.55 bits per heavy atom. The molecule has 3 N–H and O–H groups in total. The van der Waals surface area contributed by atoms with Crippen LogP contribution in [0.4, 0.5) is 0 Å². The molecule has 0 aromatic heterocycles. The molecule has 2 aromatic rings. The van der Waals surface area contributed by atoms with Crippen molar-refractivity contribution in [3.63, 3.8) is 0 Å². The molecule has 0 saturated heterocycles. The molecule has 0 unspecified atom stereocenters. The first-order valence-electron chi connectivity index (χ1n) is 6.92. The summed E-state index contributed by atoms with van der Waals surface area (Å²) in [4.78, 5) is 11.0. The number of carboxylic acid groups (broad SMARTS) is 1. The number of methoxy groups -OCH3 is 1. The van der Waals surface area contributed by atoms with Crippen LogP contribution in [0.25, 0.3) is 0 Å². The summed E-state index contributed by atoms with van der Waals surface area (Å²) in [6.07, 6.45) is 0.177. The Labute approximate surface area is 129 Å². The lowest BCUT2D eigenvalue weighted by atomic mass is 10.0. The minimum absolute atomic E-state index is 0.177. The van der Waals surface area contributed by atoms with Gasteiger partial charge in [-0.25, -0.2) is 0 Å². The van der Waals surface area contributed by atoms with E-state index in [9.17, 15) is 4.79 Å². The average Bonchev–Trinajstić information content (AvgIpc) is 2.54. The summed E-state index contributed by atoms with van der Waals surface area (Å²) in [5.74, 6) is 0.0494. The van der Waals surface area contributed by atoms with Gasteiger partial charge in [-0.3, -0.25) is 4.79 Å². The lowest BCUT2D eigenvalue weighted by Crippen LogP contribution is -2.32. The lowest BCUT2D eigenvalue weighted by Gasteiger charge is -2.16. The number of benzene rings is 2. The molecule has 2 rings (SSSR count). The largest absolute Gasteiger partial charge is 0.493 e. The summed E-state index contributed by atoms with van der Waals surface area (Å²) in [6, 6.07) is 14.1. The number of hydrogen-bond donors (Lipinski definition) is 2. The van der Waals surface area contributed by atoms with Crippen LogP contribution in [0, 0.1) is 0 Å². The van der Waals surface area contributed by atoms with Crippen LogP contribution in [0.1, 0.15) is 11.1 Å². The van der Waals surface area contributed by atoms with Gasteiger partial charge in [0.05, 0.1) is 7.11 Å². The fourth-order valence-corrected chi connectivity index (χ4v) is 2.10. The van der Waals surface area contributed by atoms with Gasteiger partial charge in [0, 0.05) is 12.0 Å². The third kappa shape index (κ3) is 3.99. The molecule has 22 heavy (non-hydrogen) atoms. The maximum atomic E-state index is 11.0. The van der Waals surface area contributed by atoms with Crippen molar-refractivity contribution in [2.45, 2.75) is 19.1 Å². The van der Waals surface area contributed by atoms with Crippen molar-refractivity contribution in [3.8, 4) is 11.5 Å². The second-order valence-corrected chi connectivity index (χ2v) is 4.87. The molecule has 0 bridgehead atoms. The number of carbonyl (C=O) groups is 1. The van der Waals surface area contributed by atoms with Gasteiger partial charge in [-0.1, -0.05) is 42.5 Å². The molecule has 0 aliphatic heterocycles. The fraction of sp³-hybridized carbons (Fsp3) is 0.235. The Balaban J connectivity index is 2.21. The van der Waals surface area contributed by atoms with E-state index >= 15 is 0 Å². The first kappa shape index (κ1) is 15.9. The smallest absolute Gasteiger partial charge is 0.320 e. The van der Waals surface area contributed by atoms with Crippen LogP contribution in [0.2, 0.25) is 0 Å². The molecular formula is C17H19NO4. The van der Waals surface area contributed by atoms with E-state index in [1.807, 2.05) is 30.3 Å². The minimum atomic E-state index is -1.04. The molecule has 0 saturated carbocycles. The van der Waals surface area contributed by atoms with Gasteiger partial charge >= 0.3 is 5.97 Å². The van der Waals surface area contributed by atoms with Gasteiger partial charge < -0.3 is 20.3 Å². The summed E-state index contributed by atoms with van der Waals surface area (Å²) in [7, 11) is 1.55. The first-order valence-corrected chi connectivity index (χ1v) is 6.92. The highest BCUT2D eigenvalue weighted by Crippen LogP contribution is 2.32. The summed E-state index contributed by atoms with van der Waals surface area (Å²) >= 11 is 0. The molecule has 0 fully saturated rings. The Morgan fingerprint density at radius 1 is 1.18 bits per heavy atom. The van der Waals surface area contributed by atoms with Gasteiger partial charge in [-0.15, -0.1) is 0 Å². The Morgan fingerprint density at radius 2 is 1.91 bits per heavy atom. The minimum Gasteiger partial charge on any atom is -0.493 e. The van der Waals surface area contributed by atoms with Gasteiger partial charge in [-0.05, 0) is 11.6 Å². The molecule has 0 aliphatic carbocycles. The third-order valence-electron chi connectivity index (χ3n) is 3.26. The predicted molar refractivity (Wildman–Crippen MR) is 83.1 cm³/mol. The first-order chi connectivity index (χ1) is 10.6. The standard InChI is InChI=1S/C17H19NO4/c1-21-15-9-5-8-13(10-14(18)17(19)20)16(15)22-11-12-6-3-2-4-7-12/h2-9,14H,10-11,18H2,1H3,(H,19,20)/t14-/m1/s1. The van der Waals surface area contributed by atoms with Crippen LogP contribution in [0.5, 0.6) is 11.5 Å². The number of rotatable bonds is 7. The summed E-state index contributed by atoms with van der Waals surface area (Å²) in [5, 5.41) is 8.97. The van der Waals surface area contributed by atoms with E-state index in [4.69, 9.17) is 20.3 Å². The third-order valence-corrected chi connectivity index (χ3v) is 3.26. The Kier molecular flexibility index (Phi) is 5.38. The van der Waals surface area contributed by atoms with E-state index < -0.39 is 12.0 Å². The van der Waals surface area contributed by atoms with E-state index in [0.29, 0.717) is 23.7 Å². The summed E-state index contributed by atoms with van der Waals surface area (Å²) in [5.41, 5.74) is 7.35. The van der Waals surface area contributed by atoms with Crippen LogP contribution in [0.3, 0.4) is 0 Å². The fourth-order valence-electron chi connectivity index (χ4n) is 2.10. The van der Waals surface area contributed by atoms with Crippen LogP contribution in [0.15, 0.2) is 48.5 Å². The number of ether oxygens (including phenoxy) is 2. The van der Waals surface area contributed by atoms with E-state index in [-0.39, 0.29) is 6.42 Å². The predicted octanol–water partition coefficient (Wildman–Crippen LogP) is 2.23. The molecule has 0 radical (unpaired) electrons. The van der Waals surface area contributed by atoms with E-state index in [0.717, 1.165) is 5.56 Å². The second-order valence-electron chi connectivity index (χ2n) is 4.87. The van der Waals surface area contributed by atoms with Crippen molar-refractivity contribution in [2.24, 2.45) is 5.73 Å². The van der Waals surface area contributed by atoms with Gasteiger partial charge in [0.1, 0.15) is 12.6 Å². The molecule has 0 spiro atoms. The number of carboxylic acids is 1. The molecular weight excluding hydrogens is 282 g/mol. The van der Waals surface area contributed by atoms with Crippen molar-refractivity contribution in [2.75, 3.05) is 7.11 Å². The van der Waals surface area contributed by atoms with Crippen molar-refractivity contribution < 1.29 is 19.4 Å². The van der Waals surface area contributed by atoms with Crippen molar-refractivity contribution in [1.82, 2.24) is 0 Å². The van der Waals surface area contributed by atoms with Gasteiger partial charge in [0.15, 0.2) is 11.5 Å². The molecule has 0 aliphatic rings. The highest BCUT2D eigenvalue weighted by atomic mass is 16.5. The number of para-hydroxylation sites is 1. The SMILES string of the molecule is COc1cccc(C[C@@H](N)C(=O)O)c1OCc1ccccc1. The monoisotopic (exact) mass is 301 g/mol. The zero-order chi connectivity index (χ0) is 15.9. The molecule has 5 heteroatoms. The quantitative estimate of drug-likeness (QED) is 0.819. The van der Waals surface area contributed by atoms with Gasteiger partial charge in [0.2, 0.25) is 0 Å². The zero-order valence-electron chi connectivity index (χ0n) is 12.4. The Bertz CT molecular complexity index is 628. The van der Waals surface area contributed by atoms with E-state index in [2.05, 4.69) is 0 Å². The van der Waals surface area contributed by atoms with E-state index in [1.165, 1.54) is 0 Å². The summed E-state index contributed by atoms with van der Waals surface area (Å²) < 4.78 is 11.2. The van der Waals surface area contributed by atoms with Crippen LogP contribution < -0.4 is 15.2 Å². The lowest BCUT2D eigenvalue weighted by molar-refractivity contribution is -0.138. The molecule has 2 aromatic carbocycles. The van der Waals surface area contributed by atoms with Gasteiger partial charge in [-0.2, -0.15) is 0 Å². The number of hydrogen-bond acceptors (Lipinski definition) is 4. The maximum Gasteiger partial charge on any atom is 0.320 e. The molecule has 116 valence electrons. The van der Waals surface area contributed by atoms with Crippen molar-refractivity contribution in [1.29, 1.82) is 0 Å². The van der Waals surface area contributed by atoms with Crippen LogP contribution in [-0.4, -0.2) is 24.2 Å². The van der Waals surface area contributed by atoms with E-state index in [1.54, 1.807) is 25.3 Å². The molecule has 1 atom stereocenters. The van der Waals surface area contributed by atoms with Crippen LogP contribution >= 0.6 is 0 Å². The van der Waals surface area contributed by atoms with Crippen LogP contribution in [-0.2, 0) is 17.8 Å². The second kappa shape index (κ2) is 7.47. The number of aliphatic carboxylic acids is 1. The normalized spacial score (nSPS) is 11.7. The number of nitrogens with two attached hydrogens (primary N) is 1. The molecule has 5 nitrogen and oxygen atoms in total. The summed E-state index contributed by atoms with van der Waals surface area (Å²) in [6.45, 7) is 0.372. The molecule has 0 amide bonds. The zero-order valence-corrected chi connectivity index (χ0v) is 12.4. The highest BCUT2D eigenvalue weighted by Gasteiger charge is 2.18. The average molecular weight is 301 g/mol. The maximum absolute atomic E-state index is 11.0.